The van der Waals surface area contributed by atoms with E-state index >= 15 is 0 Å². The summed E-state index contributed by atoms with van der Waals surface area (Å²) < 4.78 is 5.52. The van der Waals surface area contributed by atoms with E-state index in [0.29, 0.717) is 0 Å². The van der Waals surface area contributed by atoms with Crippen LogP contribution in [0, 0.1) is 0 Å². The molecule has 1 fully saturated rings. The van der Waals surface area contributed by atoms with Crippen LogP contribution in [-0.4, -0.2) is 57.2 Å². The summed E-state index contributed by atoms with van der Waals surface area (Å²) in [4.78, 5) is 9.02. The van der Waals surface area contributed by atoms with Crippen LogP contribution < -0.4 is 14.5 Å². The number of rotatable bonds is 7. The zero-order valence-electron chi connectivity index (χ0n) is 16.1. The summed E-state index contributed by atoms with van der Waals surface area (Å²) in [5.41, 5.74) is 2.65. The van der Waals surface area contributed by atoms with Crippen LogP contribution in [0.5, 0.6) is 5.75 Å². The number of piperazine rings is 1. The van der Waals surface area contributed by atoms with Crippen molar-refractivity contribution in [3.8, 4) is 5.75 Å². The molecule has 5 heteroatoms. The van der Waals surface area contributed by atoms with E-state index in [0.717, 1.165) is 37.8 Å². The molecule has 1 saturated heterocycles. The number of unbranched alkanes of at least 4 members (excludes halogenated alkanes) is 1. The molecule has 0 saturated carbocycles. The average Bonchev–Trinajstić information content (AvgIpc) is 3.15. The quantitative estimate of drug-likeness (QED) is 0.666. The third kappa shape index (κ3) is 4.36. The van der Waals surface area contributed by atoms with Crippen LogP contribution in [0.4, 0.5) is 11.4 Å². The standard InChI is InChI=1S/C22H29N3OS/c1-26-21-10-4-2-8-19(21)24-16-14-23(15-17-24)12-6-7-13-25-18-27-22-11-5-3-9-20(22)25/h2-5,8-11H,6-7,12-18H2,1H3. The highest BCUT2D eigenvalue weighted by molar-refractivity contribution is 7.99. The molecule has 0 bridgehead atoms. The normalized spacial score (nSPS) is 17.2. The number of hydrogen-bond acceptors (Lipinski definition) is 5. The average molecular weight is 384 g/mol. The first-order valence-corrected chi connectivity index (χ1v) is 10.9. The van der Waals surface area contributed by atoms with Crippen molar-refractivity contribution in [1.82, 2.24) is 4.90 Å². The first-order valence-electron chi connectivity index (χ1n) is 9.92. The Kier molecular flexibility index (Phi) is 6.10. The Bertz CT molecular complexity index is 746. The van der Waals surface area contributed by atoms with Gasteiger partial charge in [-0.05, 0) is 43.7 Å². The zero-order chi connectivity index (χ0) is 18.5. The van der Waals surface area contributed by atoms with Gasteiger partial charge in [-0.3, -0.25) is 4.90 Å². The predicted molar refractivity (Wildman–Crippen MR) is 115 cm³/mol. The van der Waals surface area contributed by atoms with E-state index < -0.39 is 0 Å². The van der Waals surface area contributed by atoms with Crippen molar-refractivity contribution < 1.29 is 4.74 Å². The summed E-state index contributed by atoms with van der Waals surface area (Å²) in [6.45, 7) is 6.82. The highest BCUT2D eigenvalue weighted by atomic mass is 32.2. The van der Waals surface area contributed by atoms with Gasteiger partial charge in [0.2, 0.25) is 0 Å². The molecule has 2 aliphatic rings. The molecule has 4 rings (SSSR count). The minimum atomic E-state index is 0.981. The molecule has 4 nitrogen and oxygen atoms in total. The number of anilines is 2. The van der Waals surface area contributed by atoms with E-state index in [1.807, 2.05) is 17.8 Å². The summed E-state index contributed by atoms with van der Waals surface area (Å²) in [6, 6.07) is 17.1. The molecule has 2 heterocycles. The lowest BCUT2D eigenvalue weighted by Gasteiger charge is -2.36. The van der Waals surface area contributed by atoms with Crippen LogP contribution in [0.3, 0.4) is 0 Å². The predicted octanol–water partition coefficient (Wildman–Crippen LogP) is 4.17. The minimum Gasteiger partial charge on any atom is -0.495 e. The summed E-state index contributed by atoms with van der Waals surface area (Å²) in [5, 5.41) is 0. The Morgan fingerprint density at radius 1 is 0.852 bits per heavy atom. The van der Waals surface area contributed by atoms with Gasteiger partial charge in [0.25, 0.3) is 0 Å². The molecule has 2 aliphatic heterocycles. The van der Waals surface area contributed by atoms with E-state index in [4.69, 9.17) is 4.74 Å². The number of fused-ring (bicyclic) bond motifs is 1. The van der Waals surface area contributed by atoms with E-state index in [1.165, 1.54) is 42.2 Å². The molecule has 144 valence electrons. The fraction of sp³-hybridized carbons (Fsp3) is 0.455. The highest BCUT2D eigenvalue weighted by Gasteiger charge is 2.20. The third-order valence-corrected chi connectivity index (χ3v) is 6.63. The molecule has 0 atom stereocenters. The first-order chi connectivity index (χ1) is 13.3. The lowest BCUT2D eigenvalue weighted by atomic mass is 10.2. The summed E-state index contributed by atoms with van der Waals surface area (Å²) >= 11 is 1.96. The second-order valence-electron chi connectivity index (χ2n) is 7.21. The van der Waals surface area contributed by atoms with E-state index in [2.05, 4.69) is 57.2 Å². The number of benzene rings is 2. The molecule has 2 aromatic carbocycles. The second-order valence-corrected chi connectivity index (χ2v) is 8.20. The van der Waals surface area contributed by atoms with Gasteiger partial charge in [-0.15, -0.1) is 11.8 Å². The van der Waals surface area contributed by atoms with Gasteiger partial charge in [-0.1, -0.05) is 24.3 Å². The van der Waals surface area contributed by atoms with Gasteiger partial charge in [0.05, 0.1) is 24.4 Å². The second kappa shape index (κ2) is 8.89. The van der Waals surface area contributed by atoms with Crippen LogP contribution in [-0.2, 0) is 0 Å². The molecule has 0 N–H and O–H groups in total. The number of methoxy groups -OCH3 is 1. The summed E-state index contributed by atoms with van der Waals surface area (Å²) in [7, 11) is 1.76. The first kappa shape index (κ1) is 18.5. The van der Waals surface area contributed by atoms with Gasteiger partial charge in [-0.2, -0.15) is 0 Å². The van der Waals surface area contributed by atoms with Crippen molar-refractivity contribution in [2.24, 2.45) is 0 Å². The van der Waals surface area contributed by atoms with Crippen molar-refractivity contribution in [3.05, 3.63) is 48.5 Å². The molecule has 0 aliphatic carbocycles. The van der Waals surface area contributed by atoms with Gasteiger partial charge < -0.3 is 14.5 Å². The molecular weight excluding hydrogens is 354 g/mol. The molecule has 0 radical (unpaired) electrons. The number of para-hydroxylation sites is 3. The fourth-order valence-electron chi connectivity index (χ4n) is 3.98. The number of nitrogens with zero attached hydrogens (tertiary/aromatic N) is 3. The van der Waals surface area contributed by atoms with Gasteiger partial charge >= 0.3 is 0 Å². The van der Waals surface area contributed by atoms with Crippen molar-refractivity contribution in [1.29, 1.82) is 0 Å². The number of hydrogen-bond donors (Lipinski definition) is 0. The van der Waals surface area contributed by atoms with E-state index in [-0.39, 0.29) is 0 Å². The molecule has 0 amide bonds. The van der Waals surface area contributed by atoms with E-state index in [9.17, 15) is 0 Å². The van der Waals surface area contributed by atoms with Gasteiger partial charge in [-0.25, -0.2) is 0 Å². The van der Waals surface area contributed by atoms with Crippen LogP contribution in [0.2, 0.25) is 0 Å². The lowest BCUT2D eigenvalue weighted by Crippen LogP contribution is -2.46. The summed E-state index contributed by atoms with van der Waals surface area (Å²) in [5.74, 6) is 2.09. The Balaban J connectivity index is 1.18. The molecular formula is C22H29N3OS. The van der Waals surface area contributed by atoms with Gasteiger partial charge in [0.15, 0.2) is 0 Å². The monoisotopic (exact) mass is 383 g/mol. The van der Waals surface area contributed by atoms with Crippen LogP contribution >= 0.6 is 11.8 Å². The van der Waals surface area contributed by atoms with Gasteiger partial charge in [0.1, 0.15) is 5.75 Å². The SMILES string of the molecule is COc1ccccc1N1CCN(CCCCN2CSc3ccccc32)CC1. The molecule has 0 unspecified atom stereocenters. The Morgan fingerprint density at radius 2 is 1.56 bits per heavy atom. The van der Waals surface area contributed by atoms with Crippen LogP contribution in [0.15, 0.2) is 53.4 Å². The number of ether oxygens (including phenoxy) is 1. The molecule has 27 heavy (non-hydrogen) atoms. The maximum absolute atomic E-state index is 5.52. The molecule has 0 spiro atoms. The largest absolute Gasteiger partial charge is 0.495 e. The van der Waals surface area contributed by atoms with Crippen molar-refractivity contribution in [2.45, 2.75) is 17.7 Å². The highest BCUT2D eigenvalue weighted by Crippen LogP contribution is 2.38. The Morgan fingerprint density at radius 3 is 2.37 bits per heavy atom. The van der Waals surface area contributed by atoms with Crippen molar-refractivity contribution >= 4 is 23.1 Å². The Hall–Kier alpha value is -1.85. The van der Waals surface area contributed by atoms with Crippen molar-refractivity contribution in [2.75, 3.05) is 62.1 Å². The third-order valence-electron chi connectivity index (χ3n) is 5.53. The lowest BCUT2D eigenvalue weighted by molar-refractivity contribution is 0.252. The Labute approximate surface area is 167 Å². The maximum Gasteiger partial charge on any atom is 0.142 e. The van der Waals surface area contributed by atoms with Gasteiger partial charge in [0, 0.05) is 37.6 Å². The van der Waals surface area contributed by atoms with E-state index in [1.54, 1.807) is 7.11 Å². The van der Waals surface area contributed by atoms with Crippen molar-refractivity contribution in [3.63, 3.8) is 0 Å². The topological polar surface area (TPSA) is 19.0 Å². The minimum absolute atomic E-state index is 0.981. The molecule has 2 aromatic rings. The summed E-state index contributed by atoms with van der Waals surface area (Å²) in [6.07, 6.45) is 2.54. The fourth-order valence-corrected chi connectivity index (χ4v) is 5.07. The molecule has 0 aromatic heterocycles. The van der Waals surface area contributed by atoms with Crippen LogP contribution in [0.1, 0.15) is 12.8 Å². The van der Waals surface area contributed by atoms with Crippen LogP contribution in [0.25, 0.3) is 0 Å². The maximum atomic E-state index is 5.52. The number of thioether (sulfide) groups is 1. The smallest absolute Gasteiger partial charge is 0.142 e. The zero-order valence-corrected chi connectivity index (χ0v) is 17.0.